The molecule has 0 unspecified atom stereocenters. The van der Waals surface area contributed by atoms with Crippen LogP contribution in [-0.4, -0.2) is 80.7 Å². The quantitative estimate of drug-likeness (QED) is 0.529. The maximum Gasteiger partial charge on any atom is 0.409 e. The molecule has 0 radical (unpaired) electrons. The van der Waals surface area contributed by atoms with Crippen LogP contribution in [0.5, 0.6) is 0 Å². The highest BCUT2D eigenvalue weighted by Crippen LogP contribution is 2.39. The van der Waals surface area contributed by atoms with E-state index in [1.54, 1.807) is 9.80 Å². The summed E-state index contributed by atoms with van der Waals surface area (Å²) in [5, 5.41) is 6.80. The summed E-state index contributed by atoms with van der Waals surface area (Å²) in [5.41, 5.74) is -0.362. The van der Waals surface area contributed by atoms with Crippen molar-refractivity contribution in [3.8, 4) is 0 Å². The van der Waals surface area contributed by atoms with Gasteiger partial charge in [-0.1, -0.05) is 12.8 Å². The molecular weight excluding hydrogens is 358 g/mol. The average Bonchev–Trinajstić information content (AvgIpc) is 3.16. The van der Waals surface area contributed by atoms with Crippen LogP contribution < -0.4 is 10.6 Å². The Morgan fingerprint density at radius 1 is 1.18 bits per heavy atom. The molecule has 2 fully saturated rings. The highest BCUT2D eigenvalue weighted by molar-refractivity contribution is 5.84. The zero-order valence-corrected chi connectivity index (χ0v) is 17.9. The lowest BCUT2D eigenvalue weighted by atomic mass is 9.85. The second-order valence-electron chi connectivity index (χ2n) is 7.99. The minimum absolute atomic E-state index is 0.187. The highest BCUT2D eigenvalue weighted by atomic mass is 16.6. The molecule has 0 aromatic rings. The topological polar surface area (TPSA) is 86.3 Å². The number of carbonyl (C=O) groups is 2. The van der Waals surface area contributed by atoms with Gasteiger partial charge in [-0.15, -0.1) is 0 Å². The first-order valence-corrected chi connectivity index (χ1v) is 10.6. The lowest BCUT2D eigenvalue weighted by Crippen LogP contribution is -2.50. The monoisotopic (exact) mass is 395 g/mol. The zero-order valence-electron chi connectivity index (χ0n) is 17.9. The van der Waals surface area contributed by atoms with Gasteiger partial charge in [-0.3, -0.25) is 9.79 Å². The van der Waals surface area contributed by atoms with Gasteiger partial charge in [0, 0.05) is 39.8 Å². The van der Waals surface area contributed by atoms with Gasteiger partial charge in [-0.25, -0.2) is 4.79 Å². The van der Waals surface area contributed by atoms with E-state index in [0.29, 0.717) is 26.2 Å². The summed E-state index contributed by atoms with van der Waals surface area (Å²) in [6, 6.07) is 0.257. The molecule has 0 aromatic heterocycles. The third-order valence-corrected chi connectivity index (χ3v) is 5.67. The summed E-state index contributed by atoms with van der Waals surface area (Å²) in [5.74, 6) is 0.947. The molecule has 0 bridgehead atoms. The van der Waals surface area contributed by atoms with Gasteiger partial charge in [0.15, 0.2) is 5.96 Å². The summed E-state index contributed by atoms with van der Waals surface area (Å²) >= 11 is 0. The summed E-state index contributed by atoms with van der Waals surface area (Å²) < 4.78 is 5.08. The zero-order chi connectivity index (χ0) is 20.6. The molecule has 1 heterocycles. The normalized spacial score (nSPS) is 20.0. The van der Waals surface area contributed by atoms with E-state index < -0.39 is 0 Å². The molecule has 8 nitrogen and oxygen atoms in total. The van der Waals surface area contributed by atoms with E-state index in [-0.39, 0.29) is 23.5 Å². The molecule has 2 N–H and O–H groups in total. The fraction of sp³-hybridized carbons (Fsp3) is 0.850. The number of guanidine groups is 1. The highest BCUT2D eigenvalue weighted by Gasteiger charge is 2.42. The lowest BCUT2D eigenvalue weighted by molar-refractivity contribution is -0.138. The Hall–Kier alpha value is -1.99. The average molecular weight is 396 g/mol. The molecule has 1 saturated carbocycles. The molecule has 0 spiro atoms. The van der Waals surface area contributed by atoms with Crippen LogP contribution in [0.15, 0.2) is 4.99 Å². The minimum atomic E-state index is -0.362. The molecule has 2 amide bonds. The summed E-state index contributed by atoms with van der Waals surface area (Å²) in [6.07, 6.45) is 5.47. The molecule has 0 aromatic carbocycles. The first-order chi connectivity index (χ1) is 13.4. The Morgan fingerprint density at radius 2 is 1.82 bits per heavy atom. The lowest BCUT2D eigenvalue weighted by Gasteiger charge is -2.33. The van der Waals surface area contributed by atoms with Crippen LogP contribution in [-0.2, 0) is 9.53 Å². The van der Waals surface area contributed by atoms with Crippen molar-refractivity contribution in [2.24, 2.45) is 10.4 Å². The van der Waals surface area contributed by atoms with E-state index >= 15 is 0 Å². The van der Waals surface area contributed by atoms with Gasteiger partial charge in [0.05, 0.1) is 18.6 Å². The number of rotatable bonds is 6. The largest absolute Gasteiger partial charge is 0.450 e. The number of ether oxygens (including phenoxy) is 1. The Balaban J connectivity index is 1.95. The van der Waals surface area contributed by atoms with E-state index in [1.807, 2.05) is 27.9 Å². The molecule has 2 aliphatic rings. The summed E-state index contributed by atoms with van der Waals surface area (Å²) in [4.78, 5) is 32.8. The van der Waals surface area contributed by atoms with Gasteiger partial charge in [0.2, 0.25) is 5.91 Å². The van der Waals surface area contributed by atoms with Crippen molar-refractivity contribution in [1.29, 1.82) is 0 Å². The molecule has 0 atom stereocenters. The molecular formula is C20H37N5O3. The first-order valence-electron chi connectivity index (χ1n) is 10.6. The Kier molecular flexibility index (Phi) is 8.38. The van der Waals surface area contributed by atoms with Crippen LogP contribution in [0.25, 0.3) is 0 Å². The summed E-state index contributed by atoms with van der Waals surface area (Å²) in [6.45, 7) is 6.91. The molecule has 1 aliphatic carbocycles. The van der Waals surface area contributed by atoms with E-state index in [1.165, 1.54) is 0 Å². The smallest absolute Gasteiger partial charge is 0.409 e. The molecule has 160 valence electrons. The molecule has 1 aliphatic heterocycles. The van der Waals surface area contributed by atoms with Crippen LogP contribution in [0.4, 0.5) is 4.79 Å². The van der Waals surface area contributed by atoms with E-state index in [0.717, 1.165) is 51.0 Å². The number of amides is 2. The number of hydrogen-bond acceptors (Lipinski definition) is 4. The third-order valence-electron chi connectivity index (χ3n) is 5.67. The van der Waals surface area contributed by atoms with Crippen molar-refractivity contribution in [3.63, 3.8) is 0 Å². The van der Waals surface area contributed by atoms with Crippen LogP contribution in [0.3, 0.4) is 0 Å². The predicted octanol–water partition coefficient (Wildman–Crippen LogP) is 1.81. The maximum atomic E-state index is 12.7. The second kappa shape index (κ2) is 10.5. The Morgan fingerprint density at radius 3 is 2.36 bits per heavy atom. The number of piperidine rings is 1. The standard InChI is InChI=1S/C20H37N5O3/c1-5-21-18(22-15-20(11-7-8-12-20)17(26)24(3)4)23-16-9-13-25(14-10-16)19(27)28-6-2/h16H,5-15H2,1-4H3,(H2,21,22,23). The van der Waals surface area contributed by atoms with Crippen molar-refractivity contribution < 1.29 is 14.3 Å². The van der Waals surface area contributed by atoms with Gasteiger partial charge in [-0.05, 0) is 39.5 Å². The third kappa shape index (κ3) is 5.75. The van der Waals surface area contributed by atoms with Crippen LogP contribution in [0.2, 0.25) is 0 Å². The maximum absolute atomic E-state index is 12.7. The Labute approximate surface area is 169 Å². The fourth-order valence-electron chi connectivity index (χ4n) is 4.13. The van der Waals surface area contributed by atoms with Crippen LogP contribution in [0, 0.1) is 5.41 Å². The van der Waals surface area contributed by atoms with E-state index in [9.17, 15) is 9.59 Å². The number of carbonyl (C=O) groups excluding carboxylic acids is 2. The molecule has 28 heavy (non-hydrogen) atoms. The van der Waals surface area contributed by atoms with Gasteiger partial charge in [-0.2, -0.15) is 0 Å². The van der Waals surface area contributed by atoms with Crippen LogP contribution >= 0.6 is 0 Å². The molecule has 1 saturated heterocycles. The number of aliphatic imine (C=N–C) groups is 1. The molecule has 8 heteroatoms. The fourth-order valence-corrected chi connectivity index (χ4v) is 4.13. The predicted molar refractivity (Wildman–Crippen MR) is 110 cm³/mol. The number of hydrogen-bond donors (Lipinski definition) is 2. The van der Waals surface area contributed by atoms with Gasteiger partial charge in [0.1, 0.15) is 0 Å². The van der Waals surface area contributed by atoms with Gasteiger partial charge < -0.3 is 25.2 Å². The minimum Gasteiger partial charge on any atom is -0.450 e. The SMILES string of the molecule is CCNC(=NCC1(C(=O)N(C)C)CCCC1)NC1CCN(C(=O)OCC)CC1. The van der Waals surface area contributed by atoms with Crippen molar-refractivity contribution in [2.75, 3.05) is 46.9 Å². The second-order valence-corrected chi connectivity index (χ2v) is 7.99. The Bertz CT molecular complexity index is 550. The summed E-state index contributed by atoms with van der Waals surface area (Å²) in [7, 11) is 3.65. The first kappa shape index (κ1) is 22.3. The van der Waals surface area contributed by atoms with E-state index in [4.69, 9.17) is 9.73 Å². The van der Waals surface area contributed by atoms with E-state index in [2.05, 4.69) is 10.6 Å². The number of likely N-dealkylation sites (tertiary alicyclic amines) is 1. The van der Waals surface area contributed by atoms with Gasteiger partial charge in [0.25, 0.3) is 0 Å². The van der Waals surface area contributed by atoms with Crippen molar-refractivity contribution >= 4 is 18.0 Å². The van der Waals surface area contributed by atoms with Crippen molar-refractivity contribution in [2.45, 2.75) is 58.4 Å². The number of nitrogens with one attached hydrogen (secondary N) is 2. The van der Waals surface area contributed by atoms with Gasteiger partial charge >= 0.3 is 6.09 Å². The van der Waals surface area contributed by atoms with Crippen molar-refractivity contribution in [3.05, 3.63) is 0 Å². The van der Waals surface area contributed by atoms with Crippen molar-refractivity contribution in [1.82, 2.24) is 20.4 Å². The van der Waals surface area contributed by atoms with Crippen LogP contribution in [0.1, 0.15) is 52.4 Å². The number of nitrogens with zero attached hydrogens (tertiary/aromatic N) is 3. The molecule has 2 rings (SSSR count).